The minimum Gasteiger partial charge on any atom is -0.480 e. The van der Waals surface area contributed by atoms with E-state index in [0.29, 0.717) is 12.1 Å². The van der Waals surface area contributed by atoms with E-state index in [1.54, 1.807) is 0 Å². The zero-order valence-electron chi connectivity index (χ0n) is 11.9. The van der Waals surface area contributed by atoms with Gasteiger partial charge in [-0.1, -0.05) is 6.92 Å². The van der Waals surface area contributed by atoms with Gasteiger partial charge in [-0.3, -0.25) is 14.2 Å². The molecule has 0 spiro atoms. The fraction of sp³-hybridized carbons (Fsp3) is 0.538. The number of carboxylic acid groups (broad SMARTS) is 1. The Bertz CT molecular complexity index is 512. The zero-order valence-corrected chi connectivity index (χ0v) is 11.9. The summed E-state index contributed by atoms with van der Waals surface area (Å²) in [7, 11) is 0. The molecule has 116 valence electrons. The molecule has 8 heteroatoms. The number of amides is 1. The highest BCUT2D eigenvalue weighted by Gasteiger charge is 2.21. The molecule has 0 aliphatic rings. The number of hydrogen-bond donors (Lipinski definition) is 3. The summed E-state index contributed by atoms with van der Waals surface area (Å²) in [5, 5.41) is 11.5. The Hall–Kier alpha value is -2.22. The maximum absolute atomic E-state index is 11.7. The van der Waals surface area contributed by atoms with Crippen molar-refractivity contribution in [2.75, 3.05) is 6.54 Å². The first-order chi connectivity index (χ1) is 9.97. The van der Waals surface area contributed by atoms with E-state index >= 15 is 0 Å². The Morgan fingerprint density at radius 3 is 2.71 bits per heavy atom. The van der Waals surface area contributed by atoms with Crippen LogP contribution in [0.2, 0.25) is 0 Å². The summed E-state index contributed by atoms with van der Waals surface area (Å²) in [4.78, 5) is 38.2. The molecular weight excluding hydrogens is 276 g/mol. The molecule has 8 nitrogen and oxygen atoms in total. The third-order valence-electron chi connectivity index (χ3n) is 2.81. The van der Waals surface area contributed by atoms with Gasteiger partial charge in [-0.2, -0.15) is 0 Å². The quantitative estimate of drug-likeness (QED) is 0.609. The van der Waals surface area contributed by atoms with E-state index < -0.39 is 17.9 Å². The van der Waals surface area contributed by atoms with E-state index in [4.69, 9.17) is 10.8 Å². The highest BCUT2D eigenvalue weighted by Crippen LogP contribution is 2.04. The number of aliphatic carboxylic acids is 1. The van der Waals surface area contributed by atoms with Crippen molar-refractivity contribution in [2.24, 2.45) is 5.73 Å². The summed E-state index contributed by atoms with van der Waals surface area (Å²) in [6.45, 7) is 2.04. The number of nitrogens with two attached hydrogens (primary N) is 1. The first kappa shape index (κ1) is 16.8. The monoisotopic (exact) mass is 296 g/mol. The molecule has 0 unspecified atom stereocenters. The van der Waals surface area contributed by atoms with Crippen molar-refractivity contribution in [2.45, 2.75) is 38.6 Å². The lowest BCUT2D eigenvalue weighted by Crippen LogP contribution is -2.42. The van der Waals surface area contributed by atoms with E-state index in [1.165, 1.54) is 17.1 Å². The van der Waals surface area contributed by atoms with Gasteiger partial charge in [0.25, 0.3) is 0 Å². The summed E-state index contributed by atoms with van der Waals surface area (Å²) in [6, 6.07) is -1.09. The molecule has 0 aliphatic heterocycles. The van der Waals surface area contributed by atoms with Gasteiger partial charge in [-0.05, 0) is 6.42 Å². The van der Waals surface area contributed by atoms with E-state index in [2.05, 4.69) is 10.3 Å². The second kappa shape index (κ2) is 8.15. The third kappa shape index (κ3) is 5.35. The topological polar surface area (TPSA) is 127 Å². The molecule has 0 fully saturated rings. The highest BCUT2D eigenvalue weighted by molar-refractivity contribution is 5.83. The van der Waals surface area contributed by atoms with Crippen LogP contribution < -0.4 is 11.1 Å². The molecule has 0 radical (unpaired) electrons. The molecule has 4 N–H and O–H groups in total. The standard InChI is InChI=1S/C13H20N4O4/c1-2-3-12(19)17-7-9(15-8-17)6-10(13(20)21)16-11(18)4-5-14/h7-8,10H,2-6,14H2,1H3,(H,16,18)(H,20,21)/t10-/m0/s1. The second-order valence-electron chi connectivity index (χ2n) is 4.62. The minimum atomic E-state index is -1.16. The van der Waals surface area contributed by atoms with Gasteiger partial charge in [-0.15, -0.1) is 0 Å². The van der Waals surface area contributed by atoms with Crippen molar-refractivity contribution >= 4 is 17.8 Å². The van der Waals surface area contributed by atoms with Gasteiger partial charge in [0, 0.05) is 32.0 Å². The van der Waals surface area contributed by atoms with Gasteiger partial charge in [0.15, 0.2) is 0 Å². The Morgan fingerprint density at radius 2 is 2.14 bits per heavy atom. The SMILES string of the molecule is CCCC(=O)n1cnc(C[C@H](NC(=O)CCN)C(=O)O)c1. The summed E-state index contributed by atoms with van der Waals surface area (Å²) >= 11 is 0. The summed E-state index contributed by atoms with van der Waals surface area (Å²) < 4.78 is 1.33. The number of carboxylic acids is 1. The Morgan fingerprint density at radius 1 is 1.43 bits per heavy atom. The average Bonchev–Trinajstić information content (AvgIpc) is 2.87. The van der Waals surface area contributed by atoms with E-state index in [-0.39, 0.29) is 25.3 Å². The van der Waals surface area contributed by atoms with Gasteiger partial charge < -0.3 is 16.2 Å². The lowest BCUT2D eigenvalue weighted by atomic mass is 10.1. The smallest absolute Gasteiger partial charge is 0.326 e. The highest BCUT2D eigenvalue weighted by atomic mass is 16.4. The Labute approximate surface area is 122 Å². The van der Waals surface area contributed by atoms with Crippen LogP contribution in [0.5, 0.6) is 0 Å². The Balaban J connectivity index is 2.69. The Kier molecular flexibility index (Phi) is 6.54. The predicted molar refractivity (Wildman–Crippen MR) is 74.7 cm³/mol. The largest absolute Gasteiger partial charge is 0.480 e. The lowest BCUT2D eigenvalue weighted by molar-refractivity contribution is -0.141. The van der Waals surface area contributed by atoms with Crippen LogP contribution in [0.4, 0.5) is 0 Å². The van der Waals surface area contributed by atoms with Crippen LogP contribution in [0.3, 0.4) is 0 Å². The second-order valence-corrected chi connectivity index (χ2v) is 4.62. The average molecular weight is 296 g/mol. The maximum Gasteiger partial charge on any atom is 0.326 e. The molecule has 1 aromatic rings. The molecule has 1 rings (SSSR count). The summed E-state index contributed by atoms with van der Waals surface area (Å²) in [5.41, 5.74) is 5.67. The van der Waals surface area contributed by atoms with Crippen molar-refractivity contribution < 1.29 is 19.5 Å². The van der Waals surface area contributed by atoms with Crippen LogP contribution in [0.25, 0.3) is 0 Å². The van der Waals surface area contributed by atoms with Gasteiger partial charge in [0.1, 0.15) is 12.4 Å². The molecule has 0 saturated heterocycles. The fourth-order valence-corrected chi connectivity index (χ4v) is 1.76. The van der Waals surface area contributed by atoms with Crippen LogP contribution in [-0.4, -0.2) is 45.0 Å². The molecule has 1 atom stereocenters. The summed E-state index contributed by atoms with van der Waals surface area (Å²) in [6.07, 6.45) is 4.03. The molecule has 0 bridgehead atoms. The molecule has 1 heterocycles. The zero-order chi connectivity index (χ0) is 15.8. The minimum absolute atomic E-state index is 0.0120. The molecule has 21 heavy (non-hydrogen) atoms. The van der Waals surface area contributed by atoms with Crippen LogP contribution in [0.1, 0.15) is 36.7 Å². The third-order valence-corrected chi connectivity index (χ3v) is 2.81. The number of nitrogens with one attached hydrogen (secondary N) is 1. The van der Waals surface area contributed by atoms with Crippen molar-refractivity contribution in [1.29, 1.82) is 0 Å². The van der Waals surface area contributed by atoms with Crippen LogP contribution in [0.15, 0.2) is 12.5 Å². The first-order valence-electron chi connectivity index (χ1n) is 6.76. The molecule has 1 aromatic heterocycles. The van der Waals surface area contributed by atoms with E-state index in [0.717, 1.165) is 6.42 Å². The first-order valence-corrected chi connectivity index (χ1v) is 6.76. The number of hydrogen-bond acceptors (Lipinski definition) is 5. The van der Waals surface area contributed by atoms with Gasteiger partial charge >= 0.3 is 5.97 Å². The molecular formula is C13H20N4O4. The van der Waals surface area contributed by atoms with Crippen LogP contribution in [0, 0.1) is 0 Å². The van der Waals surface area contributed by atoms with Crippen molar-refractivity contribution in [1.82, 2.24) is 14.9 Å². The van der Waals surface area contributed by atoms with Gasteiger partial charge in [0.05, 0.1) is 5.69 Å². The normalized spacial score (nSPS) is 11.9. The van der Waals surface area contributed by atoms with E-state index in [1.807, 2.05) is 6.92 Å². The predicted octanol–water partition coefficient (Wildman–Crippen LogP) is -0.216. The van der Waals surface area contributed by atoms with E-state index in [9.17, 15) is 14.4 Å². The van der Waals surface area contributed by atoms with Crippen molar-refractivity contribution in [3.8, 4) is 0 Å². The molecule has 1 amide bonds. The van der Waals surface area contributed by atoms with Crippen molar-refractivity contribution in [3.63, 3.8) is 0 Å². The molecule has 0 aromatic carbocycles. The number of carbonyl (C=O) groups excluding carboxylic acids is 2. The van der Waals surface area contributed by atoms with Gasteiger partial charge in [0.2, 0.25) is 11.8 Å². The van der Waals surface area contributed by atoms with Crippen LogP contribution >= 0.6 is 0 Å². The lowest BCUT2D eigenvalue weighted by Gasteiger charge is -2.12. The summed E-state index contributed by atoms with van der Waals surface area (Å²) in [5.74, 6) is -1.68. The fourth-order valence-electron chi connectivity index (χ4n) is 1.76. The van der Waals surface area contributed by atoms with Crippen LogP contribution in [-0.2, 0) is 16.0 Å². The number of carbonyl (C=O) groups is 3. The van der Waals surface area contributed by atoms with Crippen molar-refractivity contribution in [3.05, 3.63) is 18.2 Å². The number of rotatable bonds is 8. The maximum atomic E-state index is 11.7. The number of aromatic nitrogens is 2. The number of nitrogens with zero attached hydrogens (tertiary/aromatic N) is 2. The molecule has 0 saturated carbocycles. The molecule has 0 aliphatic carbocycles. The number of imidazole rings is 1. The van der Waals surface area contributed by atoms with Gasteiger partial charge in [-0.25, -0.2) is 9.78 Å².